The maximum Gasteiger partial charge on any atom is 0.348 e. The highest BCUT2D eigenvalue weighted by molar-refractivity contribution is 6.01. The van der Waals surface area contributed by atoms with Gasteiger partial charge >= 0.3 is 5.69 Å². The fourth-order valence-corrected chi connectivity index (χ4v) is 3.38. The Morgan fingerprint density at radius 3 is 2.39 bits per heavy atom. The molecule has 0 bridgehead atoms. The number of hydrogen-bond donors (Lipinski definition) is 2. The Balaban J connectivity index is 1.45. The number of nitrogens with one attached hydrogen (secondary N) is 2. The standard InChI is InChI=1S/C21H23N5O2/c1-15-11-13-25(14-12-15)17-9-7-16(8-10-17)22-20(27)19-23-21(28)26(24-19)18-5-3-2-4-6-18/h2-10,15H,11-14H2,1H3,(H,22,27)(H,23,24,28). The van der Waals surface area contributed by atoms with E-state index in [0.717, 1.165) is 24.7 Å². The van der Waals surface area contributed by atoms with E-state index in [0.29, 0.717) is 11.4 Å². The summed E-state index contributed by atoms with van der Waals surface area (Å²) in [6, 6.07) is 16.7. The summed E-state index contributed by atoms with van der Waals surface area (Å²) in [7, 11) is 0. The van der Waals surface area contributed by atoms with Crippen molar-refractivity contribution in [2.45, 2.75) is 19.8 Å². The van der Waals surface area contributed by atoms with Crippen molar-refractivity contribution in [3.05, 3.63) is 70.9 Å². The lowest BCUT2D eigenvalue weighted by atomic mass is 9.99. The molecule has 7 heteroatoms. The lowest BCUT2D eigenvalue weighted by Gasteiger charge is -2.32. The van der Waals surface area contributed by atoms with E-state index in [4.69, 9.17) is 0 Å². The number of aromatic amines is 1. The smallest absolute Gasteiger partial charge is 0.348 e. The molecular formula is C21H23N5O2. The van der Waals surface area contributed by atoms with E-state index in [2.05, 4.69) is 27.2 Å². The topological polar surface area (TPSA) is 83.0 Å². The van der Waals surface area contributed by atoms with Crippen molar-refractivity contribution >= 4 is 17.3 Å². The Labute approximate surface area is 163 Å². The molecule has 28 heavy (non-hydrogen) atoms. The first kappa shape index (κ1) is 18.0. The van der Waals surface area contributed by atoms with Crippen LogP contribution in [0.4, 0.5) is 11.4 Å². The second-order valence-corrected chi connectivity index (χ2v) is 7.20. The molecule has 0 atom stereocenters. The number of para-hydroxylation sites is 1. The number of anilines is 2. The van der Waals surface area contributed by atoms with Gasteiger partial charge in [0, 0.05) is 24.5 Å². The first-order valence-corrected chi connectivity index (χ1v) is 9.51. The Morgan fingerprint density at radius 2 is 1.71 bits per heavy atom. The molecule has 144 valence electrons. The maximum absolute atomic E-state index is 12.5. The zero-order valence-corrected chi connectivity index (χ0v) is 15.8. The lowest BCUT2D eigenvalue weighted by Crippen LogP contribution is -2.32. The third-order valence-electron chi connectivity index (χ3n) is 5.11. The van der Waals surface area contributed by atoms with E-state index >= 15 is 0 Å². The Bertz CT molecular complexity index is 999. The molecule has 4 rings (SSSR count). The van der Waals surface area contributed by atoms with Crippen LogP contribution < -0.4 is 15.9 Å². The van der Waals surface area contributed by atoms with Crippen LogP contribution >= 0.6 is 0 Å². The average Bonchev–Trinajstić information content (AvgIpc) is 3.12. The molecule has 1 aliphatic heterocycles. The van der Waals surface area contributed by atoms with Crippen molar-refractivity contribution in [2.75, 3.05) is 23.3 Å². The fraction of sp³-hybridized carbons (Fsp3) is 0.286. The maximum atomic E-state index is 12.5. The molecule has 0 spiro atoms. The van der Waals surface area contributed by atoms with Gasteiger partial charge in [-0.05, 0) is 55.2 Å². The predicted octanol–water partition coefficient (Wildman–Crippen LogP) is 3.05. The quantitative estimate of drug-likeness (QED) is 0.732. The molecule has 1 aliphatic rings. The van der Waals surface area contributed by atoms with Gasteiger partial charge in [0.05, 0.1) is 5.69 Å². The molecule has 2 aromatic carbocycles. The fourth-order valence-electron chi connectivity index (χ4n) is 3.38. The first-order chi connectivity index (χ1) is 13.6. The third-order valence-corrected chi connectivity index (χ3v) is 5.11. The molecule has 1 saturated heterocycles. The van der Waals surface area contributed by atoms with Gasteiger partial charge in [-0.3, -0.25) is 9.78 Å². The van der Waals surface area contributed by atoms with Crippen LogP contribution in [0.3, 0.4) is 0 Å². The molecule has 1 fully saturated rings. The summed E-state index contributed by atoms with van der Waals surface area (Å²) < 4.78 is 1.18. The molecule has 0 unspecified atom stereocenters. The highest BCUT2D eigenvalue weighted by Gasteiger charge is 2.17. The summed E-state index contributed by atoms with van der Waals surface area (Å²) >= 11 is 0. The summed E-state index contributed by atoms with van der Waals surface area (Å²) in [6.07, 6.45) is 2.41. The van der Waals surface area contributed by atoms with Crippen LogP contribution in [0, 0.1) is 5.92 Å². The number of benzene rings is 2. The molecule has 2 heterocycles. The van der Waals surface area contributed by atoms with Gasteiger partial charge in [-0.15, -0.1) is 5.10 Å². The van der Waals surface area contributed by atoms with Gasteiger partial charge < -0.3 is 10.2 Å². The van der Waals surface area contributed by atoms with Crippen LogP contribution in [0.25, 0.3) is 5.69 Å². The number of aromatic nitrogens is 3. The van der Waals surface area contributed by atoms with Crippen LogP contribution in [0.1, 0.15) is 30.4 Å². The number of rotatable bonds is 4. The Kier molecular flexibility index (Phi) is 4.97. The summed E-state index contributed by atoms with van der Waals surface area (Å²) in [4.78, 5) is 29.4. The minimum absolute atomic E-state index is 0.0250. The minimum atomic E-state index is -0.453. The Morgan fingerprint density at radius 1 is 1.04 bits per heavy atom. The van der Waals surface area contributed by atoms with Gasteiger partial charge in [0.1, 0.15) is 0 Å². The van der Waals surface area contributed by atoms with E-state index < -0.39 is 11.6 Å². The zero-order chi connectivity index (χ0) is 19.5. The SMILES string of the molecule is CC1CCN(c2ccc(NC(=O)c3nn(-c4ccccc4)c(=O)[nH]3)cc2)CC1. The van der Waals surface area contributed by atoms with Crippen molar-refractivity contribution < 1.29 is 4.79 Å². The minimum Gasteiger partial charge on any atom is -0.372 e. The van der Waals surface area contributed by atoms with E-state index in [9.17, 15) is 9.59 Å². The summed E-state index contributed by atoms with van der Waals surface area (Å²) in [6.45, 7) is 4.41. The second kappa shape index (κ2) is 7.72. The van der Waals surface area contributed by atoms with Gasteiger partial charge in [0.15, 0.2) is 0 Å². The highest BCUT2D eigenvalue weighted by atomic mass is 16.2. The summed E-state index contributed by atoms with van der Waals surface area (Å²) in [5.41, 5.74) is 1.97. The molecule has 0 aliphatic carbocycles. The molecular weight excluding hydrogens is 354 g/mol. The number of carbonyl (C=O) groups excluding carboxylic acids is 1. The number of amides is 1. The lowest BCUT2D eigenvalue weighted by molar-refractivity contribution is 0.101. The Hall–Kier alpha value is -3.35. The van der Waals surface area contributed by atoms with Crippen molar-refractivity contribution in [2.24, 2.45) is 5.92 Å². The van der Waals surface area contributed by atoms with Crippen LogP contribution in [0.15, 0.2) is 59.4 Å². The van der Waals surface area contributed by atoms with Crippen LogP contribution in [0.2, 0.25) is 0 Å². The first-order valence-electron chi connectivity index (χ1n) is 9.51. The number of H-pyrrole nitrogens is 1. The normalized spacial score (nSPS) is 14.8. The molecule has 1 aromatic heterocycles. The molecule has 1 amide bonds. The number of hydrogen-bond acceptors (Lipinski definition) is 4. The van der Waals surface area contributed by atoms with Crippen LogP contribution in [-0.2, 0) is 0 Å². The summed E-state index contributed by atoms with van der Waals surface area (Å²) in [5, 5.41) is 6.89. The monoisotopic (exact) mass is 377 g/mol. The molecule has 0 saturated carbocycles. The van der Waals surface area contributed by atoms with E-state index in [1.807, 2.05) is 30.3 Å². The van der Waals surface area contributed by atoms with Gasteiger partial charge in [-0.1, -0.05) is 25.1 Å². The van der Waals surface area contributed by atoms with E-state index in [1.165, 1.54) is 17.5 Å². The van der Waals surface area contributed by atoms with Crippen molar-refractivity contribution in [1.82, 2.24) is 14.8 Å². The van der Waals surface area contributed by atoms with Crippen molar-refractivity contribution in [3.63, 3.8) is 0 Å². The van der Waals surface area contributed by atoms with Gasteiger partial charge in [-0.25, -0.2) is 4.79 Å². The van der Waals surface area contributed by atoms with Gasteiger partial charge in [0.2, 0.25) is 5.82 Å². The largest absolute Gasteiger partial charge is 0.372 e. The van der Waals surface area contributed by atoms with Gasteiger partial charge in [0.25, 0.3) is 5.91 Å². The number of piperidine rings is 1. The van der Waals surface area contributed by atoms with Crippen LogP contribution in [0.5, 0.6) is 0 Å². The number of carbonyl (C=O) groups is 1. The summed E-state index contributed by atoms with van der Waals surface area (Å²) in [5.74, 6) is 0.307. The van der Waals surface area contributed by atoms with E-state index in [1.54, 1.807) is 24.3 Å². The molecule has 0 radical (unpaired) electrons. The van der Waals surface area contributed by atoms with Crippen molar-refractivity contribution in [3.8, 4) is 5.69 Å². The number of nitrogens with zero attached hydrogens (tertiary/aromatic N) is 3. The second-order valence-electron chi connectivity index (χ2n) is 7.20. The molecule has 7 nitrogen and oxygen atoms in total. The third kappa shape index (κ3) is 3.83. The molecule has 2 N–H and O–H groups in total. The van der Waals surface area contributed by atoms with Crippen molar-refractivity contribution in [1.29, 1.82) is 0 Å². The average molecular weight is 377 g/mol. The van der Waals surface area contributed by atoms with Crippen LogP contribution in [-0.4, -0.2) is 33.8 Å². The molecule has 3 aromatic rings. The predicted molar refractivity (Wildman–Crippen MR) is 109 cm³/mol. The van der Waals surface area contributed by atoms with Gasteiger partial charge in [-0.2, -0.15) is 4.68 Å². The van der Waals surface area contributed by atoms with E-state index in [-0.39, 0.29) is 5.82 Å². The zero-order valence-electron chi connectivity index (χ0n) is 15.8. The highest BCUT2D eigenvalue weighted by Crippen LogP contribution is 2.24.